The highest BCUT2D eigenvalue weighted by Crippen LogP contribution is 2.39. The van der Waals surface area contributed by atoms with E-state index in [-0.39, 0.29) is 11.8 Å². The van der Waals surface area contributed by atoms with Crippen LogP contribution in [0.25, 0.3) is 5.57 Å². The molecule has 3 aromatic rings. The molecule has 1 aromatic heterocycles. The Hall–Kier alpha value is -3.18. The molecule has 0 saturated carbocycles. The van der Waals surface area contributed by atoms with Crippen LogP contribution in [-0.4, -0.2) is 29.8 Å². The molecule has 168 valence electrons. The number of hydrogen-bond donors (Lipinski definition) is 0. The van der Waals surface area contributed by atoms with Gasteiger partial charge >= 0.3 is 0 Å². The van der Waals surface area contributed by atoms with E-state index < -0.39 is 0 Å². The molecule has 0 unspecified atom stereocenters. The van der Waals surface area contributed by atoms with Crippen LogP contribution < -0.4 is 4.90 Å². The van der Waals surface area contributed by atoms with Crippen LogP contribution in [0.5, 0.6) is 0 Å². The number of amides is 2. The normalized spacial score (nSPS) is 17.4. The summed E-state index contributed by atoms with van der Waals surface area (Å²) in [6, 6.07) is 20.3. The SMILES string of the molecule is Cc1cccc(N2C(=O)C(c3cccs3)=C(N3CCC(Cc4ccccc4)CC3)C2=O)c1C. The second-order valence-electron chi connectivity index (χ2n) is 8.99. The first-order chi connectivity index (χ1) is 16.0. The van der Waals surface area contributed by atoms with Gasteiger partial charge in [0.05, 0.1) is 11.3 Å². The molecule has 2 aliphatic heterocycles. The van der Waals surface area contributed by atoms with Crippen molar-refractivity contribution in [1.82, 2.24) is 4.90 Å². The third-order valence-electron chi connectivity index (χ3n) is 6.94. The highest BCUT2D eigenvalue weighted by molar-refractivity contribution is 7.11. The van der Waals surface area contributed by atoms with Gasteiger partial charge in [0.25, 0.3) is 11.8 Å². The Morgan fingerprint density at radius 2 is 1.64 bits per heavy atom. The molecule has 0 spiro atoms. The molecule has 33 heavy (non-hydrogen) atoms. The van der Waals surface area contributed by atoms with Gasteiger partial charge in [0.15, 0.2) is 0 Å². The molecule has 0 radical (unpaired) electrons. The van der Waals surface area contributed by atoms with Gasteiger partial charge in [-0.05, 0) is 73.2 Å². The standard InChI is InChI=1S/C28H28N2O2S/c1-19-8-6-11-23(20(19)2)30-27(31)25(24-12-7-17-33-24)26(28(30)32)29-15-13-22(14-16-29)18-21-9-4-3-5-10-21/h3-12,17,22H,13-16,18H2,1-2H3. The zero-order chi connectivity index (χ0) is 22.9. The zero-order valence-electron chi connectivity index (χ0n) is 19.1. The van der Waals surface area contributed by atoms with Crippen molar-refractivity contribution < 1.29 is 9.59 Å². The Bertz CT molecular complexity index is 1210. The fourth-order valence-electron chi connectivity index (χ4n) is 4.96. The molecule has 2 aromatic carbocycles. The topological polar surface area (TPSA) is 40.6 Å². The van der Waals surface area contributed by atoms with Crippen LogP contribution in [0.1, 0.15) is 34.4 Å². The number of anilines is 1. The van der Waals surface area contributed by atoms with Gasteiger partial charge < -0.3 is 4.90 Å². The number of likely N-dealkylation sites (tertiary alicyclic amines) is 1. The summed E-state index contributed by atoms with van der Waals surface area (Å²) in [7, 11) is 0. The van der Waals surface area contributed by atoms with Crippen LogP contribution in [0.2, 0.25) is 0 Å². The average Bonchev–Trinajstić information content (AvgIpc) is 3.43. The van der Waals surface area contributed by atoms with Gasteiger partial charge in [-0.2, -0.15) is 0 Å². The fraction of sp³-hybridized carbons (Fsp3) is 0.286. The molecule has 2 amide bonds. The molecule has 0 bridgehead atoms. The molecule has 5 rings (SSSR count). The summed E-state index contributed by atoms with van der Waals surface area (Å²) in [6.45, 7) is 5.57. The molecule has 1 saturated heterocycles. The minimum atomic E-state index is -0.211. The lowest BCUT2D eigenvalue weighted by molar-refractivity contribution is -0.120. The Kier molecular flexibility index (Phi) is 5.90. The number of benzene rings is 2. The third kappa shape index (κ3) is 4.02. The second-order valence-corrected chi connectivity index (χ2v) is 9.93. The van der Waals surface area contributed by atoms with Crippen molar-refractivity contribution in [3.63, 3.8) is 0 Å². The van der Waals surface area contributed by atoms with Gasteiger partial charge in [-0.3, -0.25) is 9.59 Å². The van der Waals surface area contributed by atoms with Crippen molar-refractivity contribution in [2.24, 2.45) is 5.92 Å². The van der Waals surface area contributed by atoms with E-state index in [0.717, 1.165) is 48.4 Å². The molecular weight excluding hydrogens is 428 g/mol. The Morgan fingerprint density at radius 3 is 2.33 bits per heavy atom. The van der Waals surface area contributed by atoms with Crippen molar-refractivity contribution in [1.29, 1.82) is 0 Å². The minimum Gasteiger partial charge on any atom is -0.366 e. The first-order valence-corrected chi connectivity index (χ1v) is 12.4. The fourth-order valence-corrected chi connectivity index (χ4v) is 5.72. The highest BCUT2D eigenvalue weighted by atomic mass is 32.1. The summed E-state index contributed by atoms with van der Waals surface area (Å²) >= 11 is 1.52. The van der Waals surface area contributed by atoms with Gasteiger partial charge in [0.1, 0.15) is 5.70 Å². The van der Waals surface area contributed by atoms with E-state index in [9.17, 15) is 9.59 Å². The van der Waals surface area contributed by atoms with Gasteiger partial charge in [0.2, 0.25) is 0 Å². The number of imide groups is 1. The summed E-state index contributed by atoms with van der Waals surface area (Å²) in [5, 5.41) is 1.96. The maximum Gasteiger partial charge on any atom is 0.282 e. The lowest BCUT2D eigenvalue weighted by Crippen LogP contribution is -2.39. The van der Waals surface area contributed by atoms with Gasteiger partial charge in [-0.25, -0.2) is 4.90 Å². The molecular formula is C28H28N2O2S. The van der Waals surface area contributed by atoms with Crippen LogP contribution in [0.15, 0.2) is 71.7 Å². The highest BCUT2D eigenvalue weighted by Gasteiger charge is 2.44. The number of thiophene rings is 1. The Balaban J connectivity index is 1.44. The maximum atomic E-state index is 13.8. The van der Waals surface area contributed by atoms with E-state index in [4.69, 9.17) is 0 Å². The molecule has 2 aliphatic rings. The van der Waals surface area contributed by atoms with Crippen LogP contribution in [0.4, 0.5) is 5.69 Å². The van der Waals surface area contributed by atoms with Gasteiger partial charge in [-0.1, -0.05) is 48.5 Å². The van der Waals surface area contributed by atoms with Crippen LogP contribution in [-0.2, 0) is 16.0 Å². The lowest BCUT2D eigenvalue weighted by atomic mass is 9.90. The van der Waals surface area contributed by atoms with E-state index in [0.29, 0.717) is 22.9 Å². The van der Waals surface area contributed by atoms with Crippen LogP contribution in [0, 0.1) is 19.8 Å². The monoisotopic (exact) mass is 456 g/mol. The summed E-state index contributed by atoms with van der Waals surface area (Å²) in [4.78, 5) is 31.8. The molecule has 0 aliphatic carbocycles. The predicted octanol–water partition coefficient (Wildman–Crippen LogP) is 5.60. The molecule has 0 atom stereocenters. The van der Waals surface area contributed by atoms with E-state index in [1.807, 2.05) is 49.6 Å². The number of aryl methyl sites for hydroxylation is 1. The van der Waals surface area contributed by atoms with Crippen molar-refractivity contribution in [3.8, 4) is 0 Å². The van der Waals surface area contributed by atoms with Crippen LogP contribution >= 0.6 is 11.3 Å². The third-order valence-corrected chi connectivity index (χ3v) is 7.83. The summed E-state index contributed by atoms with van der Waals surface area (Å²) < 4.78 is 0. The molecule has 4 nitrogen and oxygen atoms in total. The largest absolute Gasteiger partial charge is 0.366 e. The average molecular weight is 457 g/mol. The number of nitrogens with zero attached hydrogens (tertiary/aromatic N) is 2. The number of hydrogen-bond acceptors (Lipinski definition) is 4. The Morgan fingerprint density at radius 1 is 0.879 bits per heavy atom. The summed E-state index contributed by atoms with van der Waals surface area (Å²) in [6.07, 6.45) is 3.09. The zero-order valence-corrected chi connectivity index (χ0v) is 19.9. The number of rotatable bonds is 5. The number of carbonyl (C=O) groups is 2. The van der Waals surface area contributed by atoms with E-state index in [1.54, 1.807) is 0 Å². The van der Waals surface area contributed by atoms with E-state index in [2.05, 4.69) is 35.2 Å². The minimum absolute atomic E-state index is 0.196. The van der Waals surface area contributed by atoms with Crippen molar-refractivity contribution in [2.75, 3.05) is 18.0 Å². The first kappa shape index (κ1) is 21.7. The molecule has 0 N–H and O–H groups in total. The van der Waals surface area contributed by atoms with Gasteiger partial charge in [0, 0.05) is 18.0 Å². The Labute approximate surface area is 199 Å². The second kappa shape index (κ2) is 8.99. The summed E-state index contributed by atoms with van der Waals surface area (Å²) in [5.41, 5.74) is 5.21. The molecule has 1 fully saturated rings. The lowest BCUT2D eigenvalue weighted by Gasteiger charge is -2.34. The maximum absolute atomic E-state index is 13.8. The van der Waals surface area contributed by atoms with E-state index >= 15 is 0 Å². The van der Waals surface area contributed by atoms with E-state index in [1.165, 1.54) is 21.8 Å². The van der Waals surface area contributed by atoms with Crippen LogP contribution in [0.3, 0.4) is 0 Å². The van der Waals surface area contributed by atoms with Crippen molar-refractivity contribution in [2.45, 2.75) is 33.1 Å². The van der Waals surface area contributed by atoms with Crippen molar-refractivity contribution in [3.05, 3.63) is 93.3 Å². The first-order valence-electron chi connectivity index (χ1n) is 11.6. The summed E-state index contributed by atoms with van der Waals surface area (Å²) in [5.74, 6) is 0.188. The number of carbonyl (C=O) groups excluding carboxylic acids is 2. The molecule has 3 heterocycles. The van der Waals surface area contributed by atoms with Crippen molar-refractivity contribution >= 4 is 34.4 Å². The van der Waals surface area contributed by atoms with Gasteiger partial charge in [-0.15, -0.1) is 11.3 Å². The molecule has 5 heteroatoms. The quantitative estimate of drug-likeness (QED) is 0.469. The smallest absolute Gasteiger partial charge is 0.282 e. The number of piperidine rings is 1. The predicted molar refractivity (Wildman–Crippen MR) is 134 cm³/mol.